The fourth-order valence-electron chi connectivity index (χ4n) is 2.22. The minimum absolute atomic E-state index is 0.0258. The van der Waals surface area contributed by atoms with Gasteiger partial charge >= 0.3 is 0 Å². The number of para-hydroxylation sites is 1. The van der Waals surface area contributed by atoms with E-state index in [0.717, 1.165) is 0 Å². The number of halogens is 1. The molecule has 0 amide bonds. The predicted molar refractivity (Wildman–Crippen MR) is 99.9 cm³/mol. The summed E-state index contributed by atoms with van der Waals surface area (Å²) in [4.78, 5) is -0.0258. The average Bonchev–Trinajstić information content (AvgIpc) is 2.64. The first-order valence-corrected chi connectivity index (χ1v) is 9.39. The number of benzene rings is 3. The van der Waals surface area contributed by atoms with Crippen LogP contribution >= 0.6 is 11.6 Å². The molecule has 3 rings (SSSR count). The van der Waals surface area contributed by atoms with Gasteiger partial charge in [0.15, 0.2) is 5.75 Å². The summed E-state index contributed by atoms with van der Waals surface area (Å²) in [7, 11) is -3.92. The van der Waals surface area contributed by atoms with Crippen LogP contribution in [0.5, 0.6) is 11.5 Å². The van der Waals surface area contributed by atoms with Crippen molar-refractivity contribution in [3.05, 3.63) is 83.4 Å². The number of nitrogens with one attached hydrogen (secondary N) is 1. The Labute approximate surface area is 156 Å². The number of rotatable bonds is 5. The molecule has 0 bridgehead atoms. The van der Waals surface area contributed by atoms with Crippen LogP contribution in [0.2, 0.25) is 5.02 Å². The van der Waals surface area contributed by atoms with Gasteiger partial charge in [-0.3, -0.25) is 4.72 Å². The van der Waals surface area contributed by atoms with E-state index >= 15 is 0 Å². The Morgan fingerprint density at radius 3 is 2.46 bits per heavy atom. The van der Waals surface area contributed by atoms with Crippen molar-refractivity contribution in [2.75, 3.05) is 4.72 Å². The molecule has 0 aliphatic carbocycles. The molecular weight excluding hydrogens is 372 g/mol. The van der Waals surface area contributed by atoms with Crippen LogP contribution in [0.1, 0.15) is 5.56 Å². The normalized spacial score (nSPS) is 10.8. The second-order valence-electron chi connectivity index (χ2n) is 5.30. The number of hydrogen-bond donors (Lipinski definition) is 1. The second kappa shape index (κ2) is 7.48. The predicted octanol–water partition coefficient (Wildman–Crippen LogP) is 4.80. The molecule has 0 atom stereocenters. The van der Waals surface area contributed by atoms with E-state index in [1.165, 1.54) is 30.3 Å². The van der Waals surface area contributed by atoms with Crippen molar-refractivity contribution in [3.63, 3.8) is 0 Å². The van der Waals surface area contributed by atoms with Crippen LogP contribution in [0.15, 0.2) is 77.7 Å². The van der Waals surface area contributed by atoms with Gasteiger partial charge in [0.2, 0.25) is 0 Å². The lowest BCUT2D eigenvalue weighted by Crippen LogP contribution is -2.13. The molecule has 0 spiro atoms. The van der Waals surface area contributed by atoms with Crippen molar-refractivity contribution >= 4 is 27.3 Å². The number of anilines is 1. The molecule has 26 heavy (non-hydrogen) atoms. The lowest BCUT2D eigenvalue weighted by molar-refractivity contribution is 0.485. The van der Waals surface area contributed by atoms with Gasteiger partial charge in [-0.2, -0.15) is 5.26 Å². The number of hydrogen-bond acceptors (Lipinski definition) is 4. The fraction of sp³-hybridized carbons (Fsp3) is 0. The molecule has 3 aromatic rings. The van der Waals surface area contributed by atoms with Gasteiger partial charge in [0.25, 0.3) is 10.0 Å². The fourth-order valence-corrected chi connectivity index (χ4v) is 3.50. The smallest absolute Gasteiger partial charge is 0.262 e. The highest BCUT2D eigenvalue weighted by Crippen LogP contribution is 2.33. The largest absolute Gasteiger partial charge is 0.455 e. The Morgan fingerprint density at radius 1 is 0.962 bits per heavy atom. The van der Waals surface area contributed by atoms with E-state index in [0.29, 0.717) is 16.5 Å². The Balaban J connectivity index is 1.96. The van der Waals surface area contributed by atoms with Crippen LogP contribution in [-0.4, -0.2) is 8.42 Å². The Hall–Kier alpha value is -3.01. The number of sulfonamides is 1. The van der Waals surface area contributed by atoms with Crippen LogP contribution < -0.4 is 9.46 Å². The molecule has 130 valence electrons. The van der Waals surface area contributed by atoms with E-state index in [2.05, 4.69) is 4.72 Å². The van der Waals surface area contributed by atoms with Gasteiger partial charge < -0.3 is 4.74 Å². The highest BCUT2D eigenvalue weighted by Gasteiger charge is 2.18. The second-order valence-corrected chi connectivity index (χ2v) is 7.42. The van der Waals surface area contributed by atoms with Crippen LogP contribution in [0.3, 0.4) is 0 Å². The van der Waals surface area contributed by atoms with Crippen molar-refractivity contribution in [1.29, 1.82) is 5.26 Å². The standard InChI is InChI=1S/C19H13ClN2O3S/c20-15-9-10-19(25-16-6-2-1-3-7-16)18(12-15)22-26(23,24)17-8-4-5-14(11-17)13-21/h1-12,22H. The van der Waals surface area contributed by atoms with Crippen LogP contribution in [0, 0.1) is 11.3 Å². The molecule has 0 aromatic heterocycles. The lowest BCUT2D eigenvalue weighted by atomic mass is 10.2. The van der Waals surface area contributed by atoms with Gasteiger partial charge in [0.1, 0.15) is 5.75 Å². The number of nitriles is 1. The molecule has 1 N–H and O–H groups in total. The van der Waals surface area contributed by atoms with Gasteiger partial charge in [0.05, 0.1) is 22.2 Å². The molecule has 0 saturated carbocycles. The maximum Gasteiger partial charge on any atom is 0.262 e. The zero-order valence-corrected chi connectivity index (χ0v) is 15.0. The maximum absolute atomic E-state index is 12.7. The molecule has 0 fully saturated rings. The van der Waals surface area contributed by atoms with Gasteiger partial charge in [-0.15, -0.1) is 0 Å². The molecule has 0 aliphatic rings. The van der Waals surface area contributed by atoms with E-state index in [1.807, 2.05) is 24.3 Å². The molecule has 7 heteroatoms. The zero-order chi connectivity index (χ0) is 18.6. The van der Waals surface area contributed by atoms with Crippen molar-refractivity contribution in [2.24, 2.45) is 0 Å². The molecule has 5 nitrogen and oxygen atoms in total. The van der Waals surface area contributed by atoms with Crippen molar-refractivity contribution in [3.8, 4) is 17.6 Å². The number of nitrogens with zero attached hydrogens (tertiary/aromatic N) is 1. The highest BCUT2D eigenvalue weighted by atomic mass is 35.5. The quantitative estimate of drug-likeness (QED) is 0.684. The summed E-state index contributed by atoms with van der Waals surface area (Å²) in [5, 5.41) is 9.31. The van der Waals surface area contributed by atoms with Gasteiger partial charge in [-0.25, -0.2) is 8.42 Å². The summed E-state index contributed by atoms with van der Waals surface area (Å²) < 4.78 is 33.6. The Kier molecular flexibility index (Phi) is 5.12. The SMILES string of the molecule is N#Cc1cccc(S(=O)(=O)Nc2cc(Cl)ccc2Oc2ccccc2)c1. The third-order valence-electron chi connectivity index (χ3n) is 3.43. The molecule has 0 unspecified atom stereocenters. The van der Waals surface area contributed by atoms with Crippen LogP contribution in [0.4, 0.5) is 5.69 Å². The lowest BCUT2D eigenvalue weighted by Gasteiger charge is -2.14. The number of ether oxygens (including phenoxy) is 1. The first-order chi connectivity index (χ1) is 12.5. The molecular formula is C19H13ClN2O3S. The minimum atomic E-state index is -3.92. The first kappa shape index (κ1) is 17.8. The molecule has 0 heterocycles. The monoisotopic (exact) mass is 384 g/mol. The topological polar surface area (TPSA) is 79.2 Å². The van der Waals surface area contributed by atoms with E-state index < -0.39 is 10.0 Å². The summed E-state index contributed by atoms with van der Waals surface area (Å²) in [5.74, 6) is 0.863. The summed E-state index contributed by atoms with van der Waals surface area (Å²) in [6.07, 6.45) is 0. The summed E-state index contributed by atoms with van der Waals surface area (Å²) in [5.41, 5.74) is 0.448. The van der Waals surface area contributed by atoms with Gasteiger partial charge in [0, 0.05) is 5.02 Å². The highest BCUT2D eigenvalue weighted by molar-refractivity contribution is 7.92. The summed E-state index contributed by atoms with van der Waals surface area (Å²) >= 11 is 6.01. The molecule has 0 saturated heterocycles. The van der Waals surface area contributed by atoms with Gasteiger partial charge in [-0.05, 0) is 48.5 Å². The summed E-state index contributed by atoms with van der Waals surface area (Å²) in [6.45, 7) is 0. The Bertz CT molecular complexity index is 1080. The van der Waals surface area contributed by atoms with Crippen LogP contribution in [0.25, 0.3) is 0 Å². The molecule has 0 radical (unpaired) electrons. The average molecular weight is 385 g/mol. The zero-order valence-electron chi connectivity index (χ0n) is 13.4. The van der Waals surface area contributed by atoms with Gasteiger partial charge in [-0.1, -0.05) is 35.9 Å². The minimum Gasteiger partial charge on any atom is -0.455 e. The van der Waals surface area contributed by atoms with Crippen molar-refractivity contribution in [2.45, 2.75) is 4.90 Å². The third-order valence-corrected chi connectivity index (χ3v) is 5.03. The van der Waals surface area contributed by atoms with E-state index in [-0.39, 0.29) is 16.1 Å². The molecule has 3 aromatic carbocycles. The Morgan fingerprint density at radius 2 is 1.73 bits per heavy atom. The van der Waals surface area contributed by atoms with Crippen molar-refractivity contribution < 1.29 is 13.2 Å². The van der Waals surface area contributed by atoms with Crippen LogP contribution in [-0.2, 0) is 10.0 Å². The van der Waals surface area contributed by atoms with E-state index in [1.54, 1.807) is 24.3 Å². The van der Waals surface area contributed by atoms with E-state index in [4.69, 9.17) is 21.6 Å². The van der Waals surface area contributed by atoms with Crippen molar-refractivity contribution in [1.82, 2.24) is 0 Å². The molecule has 0 aliphatic heterocycles. The maximum atomic E-state index is 12.7. The third kappa shape index (κ3) is 4.14. The first-order valence-electron chi connectivity index (χ1n) is 7.53. The van der Waals surface area contributed by atoms with E-state index in [9.17, 15) is 8.42 Å². The summed E-state index contributed by atoms with van der Waals surface area (Å²) in [6, 6.07) is 21.3.